The summed E-state index contributed by atoms with van der Waals surface area (Å²) in [7, 11) is 1.65. The van der Waals surface area contributed by atoms with Gasteiger partial charge in [0.05, 0.1) is 24.7 Å². The van der Waals surface area contributed by atoms with E-state index in [1.165, 1.54) is 17.7 Å². The zero-order valence-corrected chi connectivity index (χ0v) is 17.8. The van der Waals surface area contributed by atoms with Crippen LogP contribution in [0.3, 0.4) is 0 Å². The van der Waals surface area contributed by atoms with Gasteiger partial charge in [0.1, 0.15) is 5.75 Å². The Kier molecular flexibility index (Phi) is 8.23. The second-order valence-corrected chi connectivity index (χ2v) is 7.76. The van der Waals surface area contributed by atoms with Gasteiger partial charge in [-0.3, -0.25) is 10.1 Å². The van der Waals surface area contributed by atoms with Crippen LogP contribution in [-0.2, 0) is 13.0 Å². The Morgan fingerprint density at radius 3 is 2.35 bits per heavy atom. The van der Waals surface area contributed by atoms with Gasteiger partial charge in [0, 0.05) is 24.7 Å². The van der Waals surface area contributed by atoms with E-state index in [-0.39, 0.29) is 17.8 Å². The molecule has 1 fully saturated rings. The molecule has 1 saturated carbocycles. The van der Waals surface area contributed by atoms with Crippen LogP contribution < -0.4 is 15.4 Å². The van der Waals surface area contributed by atoms with Gasteiger partial charge in [-0.15, -0.1) is 0 Å². The molecule has 166 valence electrons. The molecule has 0 aliphatic heterocycles. The van der Waals surface area contributed by atoms with E-state index >= 15 is 0 Å². The molecule has 2 aromatic carbocycles. The van der Waals surface area contributed by atoms with E-state index < -0.39 is 4.92 Å². The highest BCUT2D eigenvalue weighted by atomic mass is 16.6. The van der Waals surface area contributed by atoms with Crippen LogP contribution in [0.4, 0.5) is 5.69 Å². The van der Waals surface area contributed by atoms with Crippen LogP contribution in [0.1, 0.15) is 36.8 Å². The summed E-state index contributed by atoms with van der Waals surface area (Å²) >= 11 is 0. The number of nitro benzene ring substituents is 1. The Morgan fingerprint density at radius 1 is 1.10 bits per heavy atom. The number of nitrogens with zero attached hydrogens (tertiary/aromatic N) is 2. The number of methoxy groups -OCH3 is 1. The number of hydrogen-bond donors (Lipinski definition) is 3. The van der Waals surface area contributed by atoms with Gasteiger partial charge in [0.25, 0.3) is 5.69 Å². The van der Waals surface area contributed by atoms with Crippen LogP contribution in [0, 0.1) is 10.1 Å². The Balaban J connectivity index is 1.60. The first-order valence-electron chi connectivity index (χ1n) is 10.6. The van der Waals surface area contributed by atoms with Crippen molar-refractivity contribution < 1.29 is 14.8 Å². The molecule has 0 bridgehead atoms. The number of ether oxygens (including phenoxy) is 1. The van der Waals surface area contributed by atoms with Crippen molar-refractivity contribution in [3.05, 3.63) is 69.8 Å². The Labute approximate surface area is 182 Å². The topological polar surface area (TPSA) is 109 Å². The van der Waals surface area contributed by atoms with Crippen LogP contribution in [0.15, 0.2) is 53.5 Å². The number of aliphatic hydroxyl groups excluding tert-OH is 1. The van der Waals surface area contributed by atoms with E-state index in [0.717, 1.165) is 43.4 Å². The standard InChI is InChI=1S/C23H30N4O4/c1-31-22-12-4-17(5-13-22)14-15-24-23(26-19-6-10-21(28)11-7-19)25-16-18-2-8-20(9-3-18)27(29)30/h2-5,8-9,12-13,19,21,28H,6-7,10-11,14-16H2,1H3,(H2,24,25,26). The Morgan fingerprint density at radius 2 is 1.74 bits per heavy atom. The number of nitro groups is 1. The molecule has 2 aromatic rings. The highest BCUT2D eigenvalue weighted by Crippen LogP contribution is 2.18. The van der Waals surface area contributed by atoms with Crippen molar-refractivity contribution in [2.24, 2.45) is 4.99 Å². The van der Waals surface area contributed by atoms with E-state index in [0.29, 0.717) is 19.0 Å². The first-order valence-corrected chi connectivity index (χ1v) is 10.6. The highest BCUT2D eigenvalue weighted by Gasteiger charge is 2.20. The third-order valence-corrected chi connectivity index (χ3v) is 5.47. The van der Waals surface area contributed by atoms with Crippen molar-refractivity contribution in [1.82, 2.24) is 10.6 Å². The molecule has 0 unspecified atom stereocenters. The maximum Gasteiger partial charge on any atom is 0.269 e. The lowest BCUT2D eigenvalue weighted by Crippen LogP contribution is -2.45. The lowest BCUT2D eigenvalue weighted by atomic mass is 9.93. The number of nitrogens with one attached hydrogen (secondary N) is 2. The van der Waals surface area contributed by atoms with E-state index in [1.807, 2.05) is 24.3 Å². The summed E-state index contributed by atoms with van der Waals surface area (Å²) in [5.74, 6) is 1.55. The lowest BCUT2D eigenvalue weighted by molar-refractivity contribution is -0.384. The molecule has 0 amide bonds. The van der Waals surface area contributed by atoms with Crippen LogP contribution in [0.2, 0.25) is 0 Å². The van der Waals surface area contributed by atoms with Crippen molar-refractivity contribution in [3.63, 3.8) is 0 Å². The number of benzene rings is 2. The fourth-order valence-electron chi connectivity index (χ4n) is 3.58. The Bertz CT molecular complexity index is 860. The molecule has 0 atom stereocenters. The van der Waals surface area contributed by atoms with Gasteiger partial charge < -0.3 is 20.5 Å². The predicted molar refractivity (Wildman–Crippen MR) is 120 cm³/mol. The Hall–Kier alpha value is -3.13. The molecular weight excluding hydrogens is 396 g/mol. The van der Waals surface area contributed by atoms with Crippen LogP contribution >= 0.6 is 0 Å². The summed E-state index contributed by atoms with van der Waals surface area (Å²) < 4.78 is 5.20. The summed E-state index contributed by atoms with van der Waals surface area (Å²) in [5.41, 5.74) is 2.18. The molecule has 1 aliphatic rings. The molecule has 8 nitrogen and oxygen atoms in total. The van der Waals surface area contributed by atoms with Crippen LogP contribution in [0.25, 0.3) is 0 Å². The minimum absolute atomic E-state index is 0.0736. The summed E-state index contributed by atoms with van der Waals surface area (Å²) in [6, 6.07) is 14.7. The fourth-order valence-corrected chi connectivity index (χ4v) is 3.58. The highest BCUT2D eigenvalue weighted by molar-refractivity contribution is 5.80. The third-order valence-electron chi connectivity index (χ3n) is 5.47. The number of hydrogen-bond acceptors (Lipinski definition) is 5. The van der Waals surface area contributed by atoms with Crippen molar-refractivity contribution in [2.45, 2.75) is 50.8 Å². The van der Waals surface area contributed by atoms with Crippen LogP contribution in [-0.4, -0.2) is 41.8 Å². The number of non-ortho nitro benzene ring substituents is 1. The number of aliphatic hydroxyl groups is 1. The molecular formula is C23H30N4O4. The van der Waals surface area contributed by atoms with Crippen molar-refractivity contribution in [2.75, 3.05) is 13.7 Å². The zero-order valence-electron chi connectivity index (χ0n) is 17.8. The quantitative estimate of drug-likeness (QED) is 0.259. The molecule has 0 spiro atoms. The maximum atomic E-state index is 10.8. The van der Waals surface area contributed by atoms with Crippen LogP contribution in [0.5, 0.6) is 5.75 Å². The van der Waals surface area contributed by atoms with Gasteiger partial charge in [-0.25, -0.2) is 4.99 Å². The molecule has 1 aliphatic carbocycles. The second kappa shape index (κ2) is 11.3. The first-order chi connectivity index (χ1) is 15.0. The fraction of sp³-hybridized carbons (Fsp3) is 0.435. The minimum atomic E-state index is -0.405. The first kappa shape index (κ1) is 22.6. The summed E-state index contributed by atoms with van der Waals surface area (Å²) in [6.45, 7) is 1.14. The molecule has 3 rings (SSSR count). The lowest BCUT2D eigenvalue weighted by Gasteiger charge is -2.27. The molecule has 0 aromatic heterocycles. The molecule has 0 saturated heterocycles. The van der Waals surface area contributed by atoms with E-state index in [4.69, 9.17) is 4.74 Å². The third kappa shape index (κ3) is 7.25. The van der Waals surface area contributed by atoms with E-state index in [2.05, 4.69) is 15.6 Å². The number of guanidine groups is 1. The SMILES string of the molecule is COc1ccc(CCNC(=NCc2ccc([N+](=O)[O-])cc2)NC2CCC(O)CC2)cc1. The number of rotatable bonds is 8. The normalized spacial score (nSPS) is 19.0. The second-order valence-electron chi connectivity index (χ2n) is 7.76. The predicted octanol–water partition coefficient (Wildman–Crippen LogP) is 3.18. The molecule has 3 N–H and O–H groups in total. The largest absolute Gasteiger partial charge is 0.497 e. The zero-order chi connectivity index (χ0) is 22.1. The van der Waals surface area contributed by atoms with Gasteiger partial charge in [-0.1, -0.05) is 24.3 Å². The van der Waals surface area contributed by atoms with Gasteiger partial charge >= 0.3 is 0 Å². The van der Waals surface area contributed by atoms with Crippen molar-refractivity contribution >= 4 is 11.6 Å². The summed E-state index contributed by atoms with van der Waals surface area (Å²) in [5, 5.41) is 27.4. The van der Waals surface area contributed by atoms with Gasteiger partial charge in [-0.2, -0.15) is 0 Å². The average molecular weight is 427 g/mol. The smallest absolute Gasteiger partial charge is 0.269 e. The van der Waals surface area contributed by atoms with Crippen molar-refractivity contribution in [3.8, 4) is 5.75 Å². The molecule has 31 heavy (non-hydrogen) atoms. The number of aliphatic imine (C=N–C) groups is 1. The maximum absolute atomic E-state index is 10.8. The summed E-state index contributed by atoms with van der Waals surface area (Å²) in [6.07, 6.45) is 4.02. The molecule has 8 heteroatoms. The van der Waals surface area contributed by atoms with Gasteiger partial charge in [0.2, 0.25) is 0 Å². The van der Waals surface area contributed by atoms with Gasteiger partial charge in [0.15, 0.2) is 5.96 Å². The molecule has 0 radical (unpaired) electrons. The summed E-state index contributed by atoms with van der Waals surface area (Å²) in [4.78, 5) is 15.1. The van der Waals surface area contributed by atoms with E-state index in [1.54, 1.807) is 19.2 Å². The van der Waals surface area contributed by atoms with Gasteiger partial charge in [-0.05, 0) is 55.4 Å². The van der Waals surface area contributed by atoms with E-state index in [9.17, 15) is 15.2 Å². The van der Waals surface area contributed by atoms with Crippen molar-refractivity contribution in [1.29, 1.82) is 0 Å². The minimum Gasteiger partial charge on any atom is -0.497 e. The average Bonchev–Trinajstić information content (AvgIpc) is 2.79. The monoisotopic (exact) mass is 426 g/mol. The molecule has 0 heterocycles.